The van der Waals surface area contributed by atoms with Gasteiger partial charge in [-0.2, -0.15) is 10.5 Å². The van der Waals surface area contributed by atoms with Crippen molar-refractivity contribution in [3.8, 4) is 23.3 Å². The van der Waals surface area contributed by atoms with Crippen LogP contribution in [0.3, 0.4) is 0 Å². The zero-order valence-corrected chi connectivity index (χ0v) is 15.7. The number of aliphatic hydroxyl groups is 1. The second kappa shape index (κ2) is 7.79. The Kier molecular flexibility index (Phi) is 4.87. The molecule has 0 saturated carbocycles. The van der Waals surface area contributed by atoms with Crippen molar-refractivity contribution in [2.24, 2.45) is 0 Å². The molecular weight excluding hydrogens is 376 g/mol. The van der Waals surface area contributed by atoms with Gasteiger partial charge in [0.2, 0.25) is 0 Å². The summed E-state index contributed by atoms with van der Waals surface area (Å²) in [6.07, 6.45) is 1.59. The number of hydrogen-bond donors (Lipinski definition) is 1. The molecule has 1 heterocycles. The Morgan fingerprint density at radius 1 is 0.733 bits per heavy atom. The molecular formula is C25H14N2O3. The molecule has 5 nitrogen and oxygen atoms in total. The average molecular weight is 390 g/mol. The highest BCUT2D eigenvalue weighted by Gasteiger charge is 2.31. The largest absolute Gasteiger partial charge is 0.504 e. The Morgan fingerprint density at radius 3 is 1.70 bits per heavy atom. The summed E-state index contributed by atoms with van der Waals surface area (Å²) < 4.78 is 5.24. The highest BCUT2D eigenvalue weighted by Crippen LogP contribution is 2.33. The van der Waals surface area contributed by atoms with E-state index in [4.69, 9.17) is 15.3 Å². The van der Waals surface area contributed by atoms with Crippen molar-refractivity contribution in [2.45, 2.75) is 0 Å². The molecule has 0 aromatic heterocycles. The van der Waals surface area contributed by atoms with E-state index in [1.165, 1.54) is 0 Å². The van der Waals surface area contributed by atoms with E-state index in [9.17, 15) is 9.90 Å². The molecule has 30 heavy (non-hydrogen) atoms. The van der Waals surface area contributed by atoms with E-state index in [-0.39, 0.29) is 17.1 Å². The second-order valence-corrected chi connectivity index (χ2v) is 6.62. The van der Waals surface area contributed by atoms with E-state index in [2.05, 4.69) is 6.07 Å². The minimum Gasteiger partial charge on any atom is -0.504 e. The van der Waals surface area contributed by atoms with E-state index in [1.54, 1.807) is 42.5 Å². The van der Waals surface area contributed by atoms with Crippen LogP contribution in [-0.2, 0) is 9.53 Å². The molecule has 1 aliphatic rings. The van der Waals surface area contributed by atoms with Crippen LogP contribution in [0.5, 0.6) is 0 Å². The molecule has 1 aliphatic heterocycles. The number of aliphatic hydroxyl groups excluding tert-OH is 1. The van der Waals surface area contributed by atoms with Crippen LogP contribution < -0.4 is 0 Å². The lowest BCUT2D eigenvalue weighted by atomic mass is 10.0. The smallest absolute Gasteiger partial charge is 0.348 e. The fraction of sp³-hybridized carbons (Fsp3) is 0. The quantitative estimate of drug-likeness (QED) is 0.638. The SMILES string of the molecule is N#Cc1ccc(C2=C(O)/C(=C/c3ccc(-c4ccc(C#N)cc4)cc3)OC2=O)cc1. The molecule has 0 radical (unpaired) electrons. The molecule has 0 saturated heterocycles. The lowest BCUT2D eigenvalue weighted by Crippen LogP contribution is -1.98. The molecule has 0 spiro atoms. The molecule has 5 heteroatoms. The number of rotatable bonds is 3. The zero-order valence-electron chi connectivity index (χ0n) is 15.7. The van der Waals surface area contributed by atoms with Crippen LogP contribution in [0.1, 0.15) is 22.3 Å². The Bertz CT molecular complexity index is 1270. The highest BCUT2D eigenvalue weighted by atomic mass is 16.6. The van der Waals surface area contributed by atoms with Gasteiger partial charge in [0.15, 0.2) is 11.5 Å². The van der Waals surface area contributed by atoms with Gasteiger partial charge < -0.3 is 9.84 Å². The molecule has 0 unspecified atom stereocenters. The van der Waals surface area contributed by atoms with Crippen LogP contribution in [0.2, 0.25) is 0 Å². The van der Waals surface area contributed by atoms with Gasteiger partial charge in [-0.1, -0.05) is 48.5 Å². The van der Waals surface area contributed by atoms with Crippen LogP contribution in [0.25, 0.3) is 22.8 Å². The summed E-state index contributed by atoms with van der Waals surface area (Å²) in [7, 11) is 0. The predicted molar refractivity (Wildman–Crippen MR) is 111 cm³/mol. The van der Waals surface area contributed by atoms with E-state index in [1.807, 2.05) is 42.5 Å². The fourth-order valence-electron chi connectivity index (χ4n) is 3.14. The summed E-state index contributed by atoms with van der Waals surface area (Å²) in [5.41, 5.74) is 4.32. The monoisotopic (exact) mass is 390 g/mol. The first-order valence-electron chi connectivity index (χ1n) is 9.07. The van der Waals surface area contributed by atoms with Crippen molar-refractivity contribution in [1.82, 2.24) is 0 Å². The number of nitriles is 2. The minimum absolute atomic E-state index is 0.0694. The van der Waals surface area contributed by atoms with Gasteiger partial charge >= 0.3 is 5.97 Å². The van der Waals surface area contributed by atoms with Gasteiger partial charge in [-0.25, -0.2) is 4.79 Å². The van der Waals surface area contributed by atoms with Gasteiger partial charge in [0.05, 0.1) is 23.3 Å². The number of ether oxygens (including phenoxy) is 1. The maximum atomic E-state index is 12.3. The van der Waals surface area contributed by atoms with Gasteiger partial charge in [0.25, 0.3) is 0 Å². The number of benzene rings is 3. The summed E-state index contributed by atoms with van der Waals surface area (Å²) in [6, 6.07) is 25.2. The van der Waals surface area contributed by atoms with Crippen molar-refractivity contribution in [1.29, 1.82) is 10.5 Å². The highest BCUT2D eigenvalue weighted by molar-refractivity contribution is 6.20. The standard InChI is InChI=1S/C25H14N2O3/c26-14-17-3-9-20(10-4-17)19-7-1-16(2-8-19)13-22-24(28)23(25(29)30-22)21-11-5-18(15-27)6-12-21/h1-13,28H/b22-13-. The van der Waals surface area contributed by atoms with Gasteiger partial charge in [-0.15, -0.1) is 0 Å². The molecule has 142 valence electrons. The molecule has 0 fully saturated rings. The van der Waals surface area contributed by atoms with E-state index in [0.29, 0.717) is 16.7 Å². The number of carbonyl (C=O) groups is 1. The third-order valence-corrected chi connectivity index (χ3v) is 4.74. The maximum Gasteiger partial charge on any atom is 0.348 e. The van der Waals surface area contributed by atoms with Crippen LogP contribution >= 0.6 is 0 Å². The summed E-state index contributed by atoms with van der Waals surface area (Å²) in [5, 5.41) is 28.3. The number of carbonyl (C=O) groups excluding carboxylic acids is 1. The second-order valence-electron chi connectivity index (χ2n) is 6.62. The molecule has 0 bridgehead atoms. The lowest BCUT2D eigenvalue weighted by molar-refractivity contribution is -0.131. The van der Waals surface area contributed by atoms with Crippen LogP contribution in [0.4, 0.5) is 0 Å². The van der Waals surface area contributed by atoms with E-state index in [0.717, 1.165) is 16.7 Å². The van der Waals surface area contributed by atoms with Crippen molar-refractivity contribution in [3.05, 3.63) is 107 Å². The number of esters is 1. The molecule has 0 aliphatic carbocycles. The predicted octanol–water partition coefficient (Wildman–Crippen LogP) is 4.96. The third kappa shape index (κ3) is 3.56. The van der Waals surface area contributed by atoms with Crippen molar-refractivity contribution in [3.63, 3.8) is 0 Å². The van der Waals surface area contributed by atoms with Gasteiger partial charge in [-0.05, 0) is 52.6 Å². The van der Waals surface area contributed by atoms with Gasteiger partial charge in [0.1, 0.15) is 5.57 Å². The Labute approximate surface area is 173 Å². The van der Waals surface area contributed by atoms with Crippen LogP contribution in [0, 0.1) is 22.7 Å². The molecule has 0 amide bonds. The van der Waals surface area contributed by atoms with Crippen molar-refractivity contribution in [2.75, 3.05) is 0 Å². The summed E-state index contributed by atoms with van der Waals surface area (Å²) in [5.74, 6) is -0.802. The normalized spacial score (nSPS) is 14.3. The Hall–Kier alpha value is -4.61. The Balaban J connectivity index is 1.61. The van der Waals surface area contributed by atoms with Crippen molar-refractivity contribution < 1.29 is 14.6 Å². The fourth-order valence-corrected chi connectivity index (χ4v) is 3.14. The number of cyclic esters (lactones) is 1. The topological polar surface area (TPSA) is 94.1 Å². The maximum absolute atomic E-state index is 12.3. The van der Waals surface area contributed by atoms with Gasteiger partial charge in [-0.3, -0.25) is 0 Å². The lowest BCUT2D eigenvalue weighted by Gasteiger charge is -2.03. The molecule has 4 rings (SSSR count). The third-order valence-electron chi connectivity index (χ3n) is 4.74. The minimum atomic E-state index is -0.641. The van der Waals surface area contributed by atoms with E-state index >= 15 is 0 Å². The number of nitrogens with zero attached hydrogens (tertiary/aromatic N) is 2. The molecule has 3 aromatic carbocycles. The first-order chi connectivity index (χ1) is 14.6. The molecule has 3 aromatic rings. The van der Waals surface area contributed by atoms with E-state index < -0.39 is 5.97 Å². The van der Waals surface area contributed by atoms with Crippen molar-refractivity contribution >= 4 is 17.6 Å². The zero-order chi connectivity index (χ0) is 21.1. The average Bonchev–Trinajstić information content (AvgIpc) is 3.07. The van der Waals surface area contributed by atoms with Gasteiger partial charge in [0, 0.05) is 0 Å². The number of hydrogen-bond acceptors (Lipinski definition) is 5. The molecule has 1 N–H and O–H groups in total. The van der Waals surface area contributed by atoms with Crippen LogP contribution in [-0.4, -0.2) is 11.1 Å². The first-order valence-corrected chi connectivity index (χ1v) is 9.07. The summed E-state index contributed by atoms with van der Waals surface area (Å²) >= 11 is 0. The van der Waals surface area contributed by atoms with Crippen LogP contribution in [0.15, 0.2) is 84.3 Å². The first kappa shape index (κ1) is 18.7. The Morgan fingerprint density at radius 2 is 1.20 bits per heavy atom. The summed E-state index contributed by atoms with van der Waals surface area (Å²) in [6.45, 7) is 0. The summed E-state index contributed by atoms with van der Waals surface area (Å²) in [4.78, 5) is 12.3. The molecule has 0 atom stereocenters.